The third-order valence-corrected chi connectivity index (χ3v) is 8.08. The lowest BCUT2D eigenvalue weighted by Crippen LogP contribution is -2.42. The zero-order chi connectivity index (χ0) is 24.5. The number of halogens is 2. The van der Waals surface area contributed by atoms with Crippen LogP contribution in [0.15, 0.2) is 48.7 Å². The standard InChI is InChI=1S/C26H29Cl2N5OS/c1-17-16-19(18(2)33(17)22-8-5-6-20(27)23(22)28)25-24(21-7-3-4-9-29-21)30-26(35)32(25)11-10-31-12-14-34-15-13-31/h3-9,16,24-25H,10-15H2,1-2H3,(H,30,35)/t24-,25-/m1/s1. The van der Waals surface area contributed by atoms with Crippen LogP contribution in [0.2, 0.25) is 10.0 Å². The number of aryl methyl sites for hydroxylation is 1. The summed E-state index contributed by atoms with van der Waals surface area (Å²) in [5, 5.41) is 5.41. The zero-order valence-corrected chi connectivity index (χ0v) is 22.2. The molecule has 0 amide bonds. The van der Waals surface area contributed by atoms with E-state index < -0.39 is 0 Å². The minimum absolute atomic E-state index is 0.00338. The second-order valence-corrected chi connectivity index (χ2v) is 10.2. The van der Waals surface area contributed by atoms with Crippen LogP contribution >= 0.6 is 35.4 Å². The maximum atomic E-state index is 6.63. The summed E-state index contributed by atoms with van der Waals surface area (Å²) in [7, 11) is 0. The van der Waals surface area contributed by atoms with Crippen molar-refractivity contribution in [1.82, 2.24) is 24.7 Å². The van der Waals surface area contributed by atoms with E-state index in [4.69, 9.17) is 40.2 Å². The third kappa shape index (κ3) is 4.80. The van der Waals surface area contributed by atoms with Crippen LogP contribution in [0, 0.1) is 13.8 Å². The molecule has 0 spiro atoms. The Hall–Kier alpha value is -2.16. The molecule has 2 saturated heterocycles. The minimum atomic E-state index is -0.0582. The molecule has 5 rings (SSSR count). The van der Waals surface area contributed by atoms with Gasteiger partial charge in [0.15, 0.2) is 5.11 Å². The molecule has 2 aromatic heterocycles. The van der Waals surface area contributed by atoms with E-state index in [9.17, 15) is 0 Å². The van der Waals surface area contributed by atoms with Crippen molar-refractivity contribution in [2.45, 2.75) is 25.9 Å². The van der Waals surface area contributed by atoms with Crippen molar-refractivity contribution in [2.75, 3.05) is 39.4 Å². The van der Waals surface area contributed by atoms with E-state index in [1.165, 1.54) is 5.56 Å². The van der Waals surface area contributed by atoms with E-state index in [0.717, 1.165) is 67.3 Å². The first-order valence-electron chi connectivity index (χ1n) is 11.9. The van der Waals surface area contributed by atoms with E-state index in [2.05, 4.69) is 50.6 Å². The average molecular weight is 531 g/mol. The van der Waals surface area contributed by atoms with E-state index in [1.54, 1.807) is 0 Å². The third-order valence-electron chi connectivity index (χ3n) is 6.92. The molecule has 1 N–H and O–H groups in total. The molecule has 2 aliphatic rings. The summed E-state index contributed by atoms with van der Waals surface area (Å²) in [6.07, 6.45) is 1.84. The Kier molecular flexibility index (Phi) is 7.32. The van der Waals surface area contributed by atoms with Crippen LogP contribution in [0.1, 0.15) is 34.7 Å². The fourth-order valence-corrected chi connectivity index (χ4v) is 5.89. The predicted molar refractivity (Wildman–Crippen MR) is 145 cm³/mol. The molecule has 0 radical (unpaired) electrons. The fourth-order valence-electron chi connectivity index (χ4n) is 5.18. The van der Waals surface area contributed by atoms with Crippen molar-refractivity contribution in [3.63, 3.8) is 0 Å². The van der Waals surface area contributed by atoms with Crippen LogP contribution in [0.3, 0.4) is 0 Å². The molecule has 2 atom stereocenters. The number of hydrogen-bond acceptors (Lipinski definition) is 4. The van der Waals surface area contributed by atoms with Crippen LogP contribution in [0.4, 0.5) is 0 Å². The number of nitrogens with zero attached hydrogens (tertiary/aromatic N) is 4. The van der Waals surface area contributed by atoms with Gasteiger partial charge in [-0.1, -0.05) is 35.3 Å². The molecule has 3 aromatic rings. The molecule has 6 nitrogen and oxygen atoms in total. The Morgan fingerprint density at radius 3 is 2.63 bits per heavy atom. The van der Waals surface area contributed by atoms with Gasteiger partial charge in [-0.2, -0.15) is 0 Å². The number of benzene rings is 1. The van der Waals surface area contributed by atoms with Crippen LogP contribution < -0.4 is 5.32 Å². The lowest BCUT2D eigenvalue weighted by atomic mass is 9.96. The normalized spacial score (nSPS) is 20.9. The van der Waals surface area contributed by atoms with E-state index in [-0.39, 0.29) is 12.1 Å². The number of nitrogens with one attached hydrogen (secondary N) is 1. The zero-order valence-electron chi connectivity index (χ0n) is 19.9. The molecule has 0 bridgehead atoms. The number of hydrogen-bond donors (Lipinski definition) is 1. The molecule has 0 unspecified atom stereocenters. The number of aromatic nitrogens is 2. The van der Waals surface area contributed by atoms with Gasteiger partial charge in [-0.05, 0) is 62.0 Å². The van der Waals surface area contributed by atoms with Gasteiger partial charge in [0.1, 0.15) is 0 Å². The predicted octanol–water partition coefficient (Wildman–Crippen LogP) is 5.10. The number of pyridine rings is 1. The van der Waals surface area contributed by atoms with E-state index >= 15 is 0 Å². The van der Waals surface area contributed by atoms with Gasteiger partial charge in [0.2, 0.25) is 0 Å². The molecule has 0 saturated carbocycles. The Morgan fingerprint density at radius 1 is 1.09 bits per heavy atom. The van der Waals surface area contributed by atoms with Crippen molar-refractivity contribution in [2.24, 2.45) is 0 Å². The number of morpholine rings is 1. The number of rotatable bonds is 6. The molecule has 1 aromatic carbocycles. The van der Waals surface area contributed by atoms with Gasteiger partial charge in [-0.15, -0.1) is 0 Å². The van der Waals surface area contributed by atoms with Gasteiger partial charge in [0.25, 0.3) is 0 Å². The molecular formula is C26H29Cl2N5OS. The van der Waals surface area contributed by atoms with Crippen LogP contribution in [0.25, 0.3) is 5.69 Å². The summed E-state index contributed by atoms with van der Waals surface area (Å²) < 4.78 is 7.71. The lowest BCUT2D eigenvalue weighted by Gasteiger charge is -2.32. The molecule has 2 aliphatic heterocycles. The SMILES string of the molecule is Cc1cc([C@@H]2[C@@H](c3ccccn3)NC(=S)N2CCN2CCOCC2)c(C)n1-c1cccc(Cl)c1Cl. The Morgan fingerprint density at radius 2 is 1.89 bits per heavy atom. The molecule has 35 heavy (non-hydrogen) atoms. The number of thiocarbonyl (C=S) groups is 1. The first kappa shape index (κ1) is 24.5. The van der Waals surface area contributed by atoms with Crippen LogP contribution in [-0.2, 0) is 4.74 Å². The summed E-state index contributed by atoms with van der Waals surface area (Å²) in [6.45, 7) is 9.44. The Bertz CT molecular complexity index is 1210. The molecular weight excluding hydrogens is 501 g/mol. The molecule has 0 aliphatic carbocycles. The van der Waals surface area contributed by atoms with Crippen molar-refractivity contribution in [3.05, 3.63) is 81.4 Å². The topological polar surface area (TPSA) is 45.6 Å². The summed E-state index contributed by atoms with van der Waals surface area (Å²) >= 11 is 18.9. The van der Waals surface area contributed by atoms with Gasteiger partial charge >= 0.3 is 0 Å². The van der Waals surface area contributed by atoms with Gasteiger partial charge in [0.05, 0.1) is 46.7 Å². The first-order valence-corrected chi connectivity index (χ1v) is 13.0. The highest BCUT2D eigenvalue weighted by Gasteiger charge is 2.41. The number of ether oxygens (including phenoxy) is 1. The quantitative estimate of drug-likeness (QED) is 0.448. The minimum Gasteiger partial charge on any atom is -0.379 e. The van der Waals surface area contributed by atoms with Gasteiger partial charge in [0, 0.05) is 43.8 Å². The smallest absolute Gasteiger partial charge is 0.170 e. The Balaban J connectivity index is 1.55. The van der Waals surface area contributed by atoms with Crippen LogP contribution in [0.5, 0.6) is 0 Å². The second-order valence-electron chi connectivity index (χ2n) is 9.01. The summed E-state index contributed by atoms with van der Waals surface area (Å²) in [5.74, 6) is 0. The summed E-state index contributed by atoms with van der Waals surface area (Å²) in [4.78, 5) is 9.43. The van der Waals surface area contributed by atoms with Gasteiger partial charge in [-0.25, -0.2) is 0 Å². The van der Waals surface area contributed by atoms with Crippen molar-refractivity contribution in [1.29, 1.82) is 0 Å². The monoisotopic (exact) mass is 529 g/mol. The second kappa shape index (κ2) is 10.4. The molecule has 9 heteroatoms. The maximum absolute atomic E-state index is 6.63. The van der Waals surface area contributed by atoms with Crippen LogP contribution in [-0.4, -0.2) is 63.9 Å². The van der Waals surface area contributed by atoms with Gasteiger partial charge < -0.3 is 19.5 Å². The molecule has 2 fully saturated rings. The fraction of sp³-hybridized carbons (Fsp3) is 0.385. The molecule has 4 heterocycles. The highest BCUT2D eigenvalue weighted by Crippen LogP contribution is 2.42. The maximum Gasteiger partial charge on any atom is 0.170 e. The highest BCUT2D eigenvalue weighted by molar-refractivity contribution is 7.80. The van der Waals surface area contributed by atoms with E-state index in [1.807, 2.05) is 36.5 Å². The van der Waals surface area contributed by atoms with Gasteiger partial charge in [-0.3, -0.25) is 9.88 Å². The first-order chi connectivity index (χ1) is 17.0. The largest absolute Gasteiger partial charge is 0.379 e. The Labute approximate surface area is 221 Å². The van der Waals surface area contributed by atoms with Crippen molar-refractivity contribution < 1.29 is 4.74 Å². The average Bonchev–Trinajstić information content (AvgIpc) is 3.35. The summed E-state index contributed by atoms with van der Waals surface area (Å²) in [6, 6.07) is 13.9. The highest BCUT2D eigenvalue weighted by atomic mass is 35.5. The van der Waals surface area contributed by atoms with Crippen molar-refractivity contribution in [3.8, 4) is 5.69 Å². The van der Waals surface area contributed by atoms with E-state index in [0.29, 0.717) is 10.0 Å². The molecule has 184 valence electrons. The lowest BCUT2D eigenvalue weighted by molar-refractivity contribution is 0.0350. The summed E-state index contributed by atoms with van der Waals surface area (Å²) in [5.41, 5.74) is 5.25. The van der Waals surface area contributed by atoms with Crippen molar-refractivity contribution >= 4 is 40.5 Å².